The van der Waals surface area contributed by atoms with Gasteiger partial charge in [0.2, 0.25) is 5.88 Å². The standard InChI is InChI=1S/C14H19N3OS/c1-4-11(12-6-5-7-14(17-12)18-3)15-8-13-10(2)16-9-19-13/h5-7,9,11,15H,4,8H2,1-3H3. The lowest BCUT2D eigenvalue weighted by Gasteiger charge is -2.16. The van der Waals surface area contributed by atoms with Gasteiger partial charge in [0.1, 0.15) is 0 Å². The van der Waals surface area contributed by atoms with Crippen LogP contribution in [0.5, 0.6) is 5.88 Å². The molecule has 0 aliphatic heterocycles. The largest absolute Gasteiger partial charge is 0.481 e. The Balaban J connectivity index is 2.05. The molecule has 1 unspecified atom stereocenters. The van der Waals surface area contributed by atoms with Crippen LogP contribution in [0.4, 0.5) is 0 Å². The summed E-state index contributed by atoms with van der Waals surface area (Å²) >= 11 is 1.69. The zero-order valence-corrected chi connectivity index (χ0v) is 12.3. The Morgan fingerprint density at radius 3 is 2.89 bits per heavy atom. The Morgan fingerprint density at radius 2 is 2.26 bits per heavy atom. The van der Waals surface area contributed by atoms with Gasteiger partial charge in [-0.25, -0.2) is 9.97 Å². The zero-order valence-electron chi connectivity index (χ0n) is 11.5. The first-order valence-corrected chi connectivity index (χ1v) is 7.25. The summed E-state index contributed by atoms with van der Waals surface area (Å²) in [4.78, 5) is 10.0. The van der Waals surface area contributed by atoms with E-state index in [1.165, 1.54) is 4.88 Å². The smallest absolute Gasteiger partial charge is 0.213 e. The number of thiazole rings is 1. The van der Waals surface area contributed by atoms with Gasteiger partial charge < -0.3 is 10.1 Å². The van der Waals surface area contributed by atoms with Crippen molar-refractivity contribution in [3.05, 3.63) is 40.0 Å². The highest BCUT2D eigenvalue weighted by Gasteiger charge is 2.12. The molecule has 0 radical (unpaired) electrons. The van der Waals surface area contributed by atoms with Crippen LogP contribution in [0, 0.1) is 6.92 Å². The number of aryl methyl sites for hydroxylation is 1. The number of pyridine rings is 1. The van der Waals surface area contributed by atoms with Gasteiger partial charge in [-0.3, -0.25) is 0 Å². The Hall–Kier alpha value is -1.46. The fourth-order valence-corrected chi connectivity index (χ4v) is 2.64. The normalized spacial score (nSPS) is 12.4. The predicted molar refractivity (Wildman–Crippen MR) is 77.5 cm³/mol. The van der Waals surface area contributed by atoms with E-state index in [9.17, 15) is 0 Å². The van der Waals surface area contributed by atoms with Crippen molar-refractivity contribution in [2.75, 3.05) is 7.11 Å². The second-order valence-corrected chi connectivity index (χ2v) is 5.25. The van der Waals surface area contributed by atoms with Crippen molar-refractivity contribution in [1.82, 2.24) is 15.3 Å². The van der Waals surface area contributed by atoms with Crippen LogP contribution in [0.2, 0.25) is 0 Å². The second kappa shape index (κ2) is 6.63. The maximum absolute atomic E-state index is 5.17. The van der Waals surface area contributed by atoms with Crippen LogP contribution < -0.4 is 10.1 Å². The molecule has 5 heteroatoms. The van der Waals surface area contributed by atoms with E-state index in [1.807, 2.05) is 30.6 Å². The maximum atomic E-state index is 5.17. The number of rotatable bonds is 6. The summed E-state index contributed by atoms with van der Waals surface area (Å²) in [5, 5.41) is 3.53. The number of nitrogens with one attached hydrogen (secondary N) is 1. The lowest BCUT2D eigenvalue weighted by molar-refractivity contribution is 0.391. The van der Waals surface area contributed by atoms with E-state index in [2.05, 4.69) is 22.2 Å². The average molecular weight is 277 g/mol. The molecule has 2 heterocycles. The van der Waals surface area contributed by atoms with E-state index in [-0.39, 0.29) is 6.04 Å². The molecular formula is C14H19N3OS. The van der Waals surface area contributed by atoms with Gasteiger partial charge in [0.25, 0.3) is 0 Å². The highest BCUT2D eigenvalue weighted by molar-refractivity contribution is 7.09. The molecule has 102 valence electrons. The quantitative estimate of drug-likeness (QED) is 0.881. The zero-order chi connectivity index (χ0) is 13.7. The molecule has 0 saturated carbocycles. The van der Waals surface area contributed by atoms with Crippen molar-refractivity contribution in [3.63, 3.8) is 0 Å². The van der Waals surface area contributed by atoms with E-state index < -0.39 is 0 Å². The highest BCUT2D eigenvalue weighted by atomic mass is 32.1. The average Bonchev–Trinajstić information content (AvgIpc) is 2.85. The number of nitrogens with zero attached hydrogens (tertiary/aromatic N) is 2. The third kappa shape index (κ3) is 3.52. The molecule has 0 fully saturated rings. The number of ether oxygens (including phenoxy) is 1. The summed E-state index contributed by atoms with van der Waals surface area (Å²) in [6, 6.07) is 6.10. The topological polar surface area (TPSA) is 47.0 Å². The first-order valence-electron chi connectivity index (χ1n) is 6.38. The summed E-state index contributed by atoms with van der Waals surface area (Å²) in [6.45, 7) is 5.02. The fraction of sp³-hybridized carbons (Fsp3) is 0.429. The minimum absolute atomic E-state index is 0.233. The Bertz CT molecular complexity index is 527. The van der Waals surface area contributed by atoms with Crippen molar-refractivity contribution < 1.29 is 4.74 Å². The van der Waals surface area contributed by atoms with Crippen molar-refractivity contribution in [1.29, 1.82) is 0 Å². The van der Waals surface area contributed by atoms with Gasteiger partial charge in [-0.1, -0.05) is 13.0 Å². The van der Waals surface area contributed by atoms with Gasteiger partial charge >= 0.3 is 0 Å². The number of hydrogen-bond acceptors (Lipinski definition) is 5. The predicted octanol–water partition coefficient (Wildman–Crippen LogP) is 3.10. The molecule has 1 N–H and O–H groups in total. The molecule has 0 spiro atoms. The molecule has 2 aromatic heterocycles. The molecule has 2 aromatic rings. The lowest BCUT2D eigenvalue weighted by atomic mass is 10.1. The van der Waals surface area contributed by atoms with Crippen molar-refractivity contribution in [2.24, 2.45) is 0 Å². The van der Waals surface area contributed by atoms with Gasteiger partial charge in [0.05, 0.1) is 24.0 Å². The Labute approximate surface area is 117 Å². The molecule has 0 aromatic carbocycles. The van der Waals surface area contributed by atoms with Crippen molar-refractivity contribution in [3.8, 4) is 5.88 Å². The van der Waals surface area contributed by atoms with E-state index in [1.54, 1.807) is 18.4 Å². The van der Waals surface area contributed by atoms with Crippen LogP contribution in [0.15, 0.2) is 23.7 Å². The highest BCUT2D eigenvalue weighted by Crippen LogP contribution is 2.19. The van der Waals surface area contributed by atoms with Crippen LogP contribution in [0.1, 0.15) is 35.7 Å². The second-order valence-electron chi connectivity index (χ2n) is 4.31. The molecule has 0 aliphatic carbocycles. The Kier molecular flexibility index (Phi) is 4.87. The van der Waals surface area contributed by atoms with Crippen LogP contribution in [-0.4, -0.2) is 17.1 Å². The van der Waals surface area contributed by atoms with Crippen LogP contribution in [0.3, 0.4) is 0 Å². The maximum Gasteiger partial charge on any atom is 0.213 e. The minimum atomic E-state index is 0.233. The monoisotopic (exact) mass is 277 g/mol. The van der Waals surface area contributed by atoms with Gasteiger partial charge in [-0.15, -0.1) is 11.3 Å². The van der Waals surface area contributed by atoms with Crippen LogP contribution >= 0.6 is 11.3 Å². The molecule has 4 nitrogen and oxygen atoms in total. The van der Waals surface area contributed by atoms with E-state index >= 15 is 0 Å². The van der Waals surface area contributed by atoms with Crippen LogP contribution in [0.25, 0.3) is 0 Å². The summed E-state index contributed by atoms with van der Waals surface area (Å²) < 4.78 is 5.17. The minimum Gasteiger partial charge on any atom is -0.481 e. The van der Waals surface area contributed by atoms with Crippen molar-refractivity contribution in [2.45, 2.75) is 32.9 Å². The van der Waals surface area contributed by atoms with Crippen LogP contribution in [-0.2, 0) is 6.54 Å². The van der Waals surface area contributed by atoms with E-state index in [4.69, 9.17) is 4.74 Å². The van der Waals surface area contributed by atoms with Gasteiger partial charge in [-0.05, 0) is 19.4 Å². The summed E-state index contributed by atoms with van der Waals surface area (Å²) in [5.41, 5.74) is 4.01. The summed E-state index contributed by atoms with van der Waals surface area (Å²) in [6.07, 6.45) is 0.984. The molecular weight excluding hydrogens is 258 g/mol. The van der Waals surface area contributed by atoms with Gasteiger partial charge in [0.15, 0.2) is 0 Å². The molecule has 19 heavy (non-hydrogen) atoms. The Morgan fingerprint density at radius 1 is 1.42 bits per heavy atom. The summed E-state index contributed by atoms with van der Waals surface area (Å²) in [7, 11) is 1.64. The fourth-order valence-electron chi connectivity index (χ4n) is 1.91. The summed E-state index contributed by atoms with van der Waals surface area (Å²) in [5.74, 6) is 0.659. The molecule has 1 atom stereocenters. The van der Waals surface area contributed by atoms with Crippen molar-refractivity contribution >= 4 is 11.3 Å². The molecule has 0 bridgehead atoms. The first kappa shape index (κ1) is 14.0. The molecule has 0 saturated heterocycles. The van der Waals surface area contributed by atoms with Gasteiger partial charge in [0, 0.05) is 23.5 Å². The lowest BCUT2D eigenvalue weighted by Crippen LogP contribution is -2.21. The van der Waals surface area contributed by atoms with E-state index in [0.29, 0.717) is 5.88 Å². The van der Waals surface area contributed by atoms with E-state index in [0.717, 1.165) is 24.4 Å². The van der Waals surface area contributed by atoms with Gasteiger partial charge in [-0.2, -0.15) is 0 Å². The molecule has 2 rings (SSSR count). The first-order chi connectivity index (χ1) is 9.24. The SMILES string of the molecule is CCC(NCc1scnc1C)c1cccc(OC)n1. The molecule has 0 amide bonds. The molecule has 0 aliphatic rings. The third-order valence-electron chi connectivity index (χ3n) is 3.07. The number of aromatic nitrogens is 2. The number of hydrogen-bond donors (Lipinski definition) is 1. The third-order valence-corrected chi connectivity index (χ3v) is 4.01. The number of methoxy groups -OCH3 is 1.